The monoisotopic (exact) mass is 468 g/mol. The number of halogens is 9. The van der Waals surface area contributed by atoms with Crippen LogP contribution in [0, 0.1) is 29.6 Å². The third kappa shape index (κ3) is 5.64. The molecule has 3 aliphatic carbocycles. The highest BCUT2D eigenvalue weighted by molar-refractivity contribution is 4.96. The van der Waals surface area contributed by atoms with Gasteiger partial charge >= 0.3 is 12.3 Å². The summed E-state index contributed by atoms with van der Waals surface area (Å²) in [6.45, 7) is 2.09. The van der Waals surface area contributed by atoms with E-state index in [4.69, 9.17) is 0 Å². The molecule has 0 amide bonds. The number of ether oxygens (including phenoxy) is 1. The maximum atomic E-state index is 14.7. The van der Waals surface area contributed by atoms with Crippen LogP contribution in [0.1, 0.15) is 58.3 Å². The van der Waals surface area contributed by atoms with E-state index in [1.54, 1.807) is 0 Å². The van der Waals surface area contributed by atoms with Crippen molar-refractivity contribution < 1.29 is 44.3 Å². The van der Waals surface area contributed by atoms with Crippen molar-refractivity contribution in [1.82, 2.24) is 0 Å². The molecule has 31 heavy (non-hydrogen) atoms. The third-order valence-corrected chi connectivity index (χ3v) is 7.41. The normalized spacial score (nSPS) is 45.5. The van der Waals surface area contributed by atoms with E-state index in [0.717, 1.165) is 25.7 Å². The lowest BCUT2D eigenvalue weighted by Gasteiger charge is -2.43. The predicted octanol–water partition coefficient (Wildman–Crippen LogP) is 7.14. The SMILES string of the molecule is CC1CCC(C2CC(F)C(C(F)(F)OC3CC(F)C(C(F)(F)F)C(F)C3)C(F)C2)CC1. The van der Waals surface area contributed by atoms with Gasteiger partial charge in [0.05, 0.1) is 6.10 Å². The van der Waals surface area contributed by atoms with Crippen LogP contribution in [0.5, 0.6) is 0 Å². The Hall–Kier alpha value is -0.670. The van der Waals surface area contributed by atoms with Gasteiger partial charge in [-0.05, 0) is 43.4 Å². The highest BCUT2D eigenvalue weighted by atomic mass is 19.4. The summed E-state index contributed by atoms with van der Waals surface area (Å²) < 4.78 is 129. The lowest BCUT2D eigenvalue weighted by Crippen LogP contribution is -2.52. The second-order valence-electron chi connectivity index (χ2n) is 9.68. The molecule has 0 aromatic rings. The van der Waals surface area contributed by atoms with Gasteiger partial charge in [-0.15, -0.1) is 0 Å². The summed E-state index contributed by atoms with van der Waals surface area (Å²) in [5.41, 5.74) is 0. The first-order chi connectivity index (χ1) is 14.3. The van der Waals surface area contributed by atoms with Crippen molar-refractivity contribution in [3.8, 4) is 0 Å². The molecule has 182 valence electrons. The number of hydrogen-bond donors (Lipinski definition) is 0. The first-order valence-corrected chi connectivity index (χ1v) is 11.0. The highest BCUT2D eigenvalue weighted by Gasteiger charge is 2.59. The van der Waals surface area contributed by atoms with Crippen LogP contribution in [-0.2, 0) is 4.74 Å². The maximum absolute atomic E-state index is 14.7. The van der Waals surface area contributed by atoms with Gasteiger partial charge in [0.25, 0.3) is 0 Å². The summed E-state index contributed by atoms with van der Waals surface area (Å²) in [6.07, 6.45) is -20.7. The Bertz CT molecular complexity index is 566. The van der Waals surface area contributed by atoms with Gasteiger partial charge in [-0.3, -0.25) is 0 Å². The molecule has 4 unspecified atom stereocenters. The molecular weight excluding hydrogens is 439 g/mol. The van der Waals surface area contributed by atoms with Gasteiger partial charge in [0.1, 0.15) is 36.5 Å². The minimum absolute atomic E-state index is 0.0698. The Labute approximate surface area is 176 Å². The standard InChI is InChI=1S/C21H29F9O/c1-10-2-4-11(5-3-10)12-6-14(22)19(15(23)7-12)21(29,30)31-13-8-16(24)18(17(25)9-13)20(26,27)28/h10-19H,2-9H2,1H3. The topological polar surface area (TPSA) is 9.23 Å². The minimum Gasteiger partial charge on any atom is -0.317 e. The van der Waals surface area contributed by atoms with E-state index in [9.17, 15) is 39.5 Å². The molecule has 3 saturated carbocycles. The van der Waals surface area contributed by atoms with Crippen LogP contribution in [0.2, 0.25) is 0 Å². The summed E-state index contributed by atoms with van der Waals surface area (Å²) in [5.74, 6) is -5.13. The first-order valence-electron chi connectivity index (χ1n) is 11.0. The van der Waals surface area contributed by atoms with Gasteiger partial charge in [0.15, 0.2) is 0 Å². The van der Waals surface area contributed by atoms with Crippen LogP contribution in [0.15, 0.2) is 0 Å². The molecule has 0 radical (unpaired) electrons. The van der Waals surface area contributed by atoms with Gasteiger partial charge in [0, 0.05) is 12.8 Å². The largest absolute Gasteiger partial charge is 0.397 e. The molecular formula is C21H29F9O. The molecule has 3 fully saturated rings. The Morgan fingerprint density at radius 3 is 1.52 bits per heavy atom. The average molecular weight is 468 g/mol. The Morgan fingerprint density at radius 1 is 0.613 bits per heavy atom. The van der Waals surface area contributed by atoms with E-state index < -0.39 is 67.8 Å². The van der Waals surface area contributed by atoms with E-state index in [-0.39, 0.29) is 24.7 Å². The van der Waals surface area contributed by atoms with Gasteiger partial charge in [0.2, 0.25) is 0 Å². The Balaban J connectivity index is 1.61. The van der Waals surface area contributed by atoms with E-state index in [0.29, 0.717) is 5.92 Å². The molecule has 0 bridgehead atoms. The fourth-order valence-electron chi connectivity index (χ4n) is 5.68. The maximum Gasteiger partial charge on any atom is 0.397 e. The molecule has 3 aliphatic rings. The summed E-state index contributed by atoms with van der Waals surface area (Å²) in [7, 11) is 0. The van der Waals surface area contributed by atoms with E-state index >= 15 is 0 Å². The molecule has 0 spiro atoms. The summed E-state index contributed by atoms with van der Waals surface area (Å²) in [4.78, 5) is 0. The Kier molecular flexibility index (Phi) is 7.48. The van der Waals surface area contributed by atoms with Gasteiger partial charge < -0.3 is 4.74 Å². The van der Waals surface area contributed by atoms with Crippen molar-refractivity contribution in [1.29, 1.82) is 0 Å². The van der Waals surface area contributed by atoms with Crippen molar-refractivity contribution in [2.24, 2.45) is 29.6 Å². The molecule has 0 aromatic carbocycles. The Morgan fingerprint density at radius 2 is 1.06 bits per heavy atom. The smallest absolute Gasteiger partial charge is 0.317 e. The van der Waals surface area contributed by atoms with Gasteiger partial charge in [-0.1, -0.05) is 19.8 Å². The molecule has 0 saturated heterocycles. The van der Waals surface area contributed by atoms with Crippen molar-refractivity contribution in [3.05, 3.63) is 0 Å². The van der Waals surface area contributed by atoms with Crippen molar-refractivity contribution in [3.63, 3.8) is 0 Å². The van der Waals surface area contributed by atoms with Gasteiger partial charge in [-0.2, -0.15) is 22.0 Å². The van der Waals surface area contributed by atoms with Gasteiger partial charge in [-0.25, -0.2) is 17.6 Å². The van der Waals surface area contributed by atoms with Crippen molar-refractivity contribution >= 4 is 0 Å². The molecule has 1 nitrogen and oxygen atoms in total. The second-order valence-corrected chi connectivity index (χ2v) is 9.68. The predicted molar refractivity (Wildman–Crippen MR) is 95.5 cm³/mol. The second kappa shape index (κ2) is 9.29. The van der Waals surface area contributed by atoms with Crippen LogP contribution in [0.3, 0.4) is 0 Å². The van der Waals surface area contributed by atoms with Crippen molar-refractivity contribution in [2.75, 3.05) is 0 Å². The summed E-state index contributed by atoms with van der Waals surface area (Å²) in [5, 5.41) is 0. The van der Waals surface area contributed by atoms with Crippen LogP contribution < -0.4 is 0 Å². The molecule has 0 heterocycles. The molecule has 0 aromatic heterocycles. The van der Waals surface area contributed by atoms with E-state index in [1.165, 1.54) is 0 Å². The minimum atomic E-state index is -5.16. The quantitative estimate of drug-likeness (QED) is 0.399. The lowest BCUT2D eigenvalue weighted by atomic mass is 9.68. The molecule has 0 N–H and O–H groups in total. The van der Waals surface area contributed by atoms with E-state index in [1.807, 2.05) is 0 Å². The molecule has 3 rings (SSSR count). The zero-order valence-electron chi connectivity index (χ0n) is 17.2. The highest BCUT2D eigenvalue weighted by Crippen LogP contribution is 2.49. The summed E-state index contributed by atoms with van der Waals surface area (Å²) >= 11 is 0. The third-order valence-electron chi connectivity index (χ3n) is 7.41. The fourth-order valence-corrected chi connectivity index (χ4v) is 5.68. The average Bonchev–Trinajstić information content (AvgIpc) is 2.58. The van der Waals surface area contributed by atoms with Crippen LogP contribution >= 0.6 is 0 Å². The van der Waals surface area contributed by atoms with Crippen LogP contribution in [0.4, 0.5) is 39.5 Å². The van der Waals surface area contributed by atoms with Crippen LogP contribution in [-0.4, -0.2) is 43.1 Å². The number of hydrogen-bond acceptors (Lipinski definition) is 1. The molecule has 0 aliphatic heterocycles. The summed E-state index contributed by atoms with van der Waals surface area (Å²) in [6, 6.07) is 0. The molecule has 10 heteroatoms. The molecule has 4 atom stereocenters. The lowest BCUT2D eigenvalue weighted by molar-refractivity contribution is -0.327. The van der Waals surface area contributed by atoms with Crippen molar-refractivity contribution in [2.45, 2.75) is 101 Å². The number of rotatable bonds is 4. The first kappa shape index (κ1) is 25.0. The zero-order chi connectivity index (χ0) is 23.1. The number of alkyl halides is 9. The van der Waals surface area contributed by atoms with E-state index in [2.05, 4.69) is 11.7 Å². The van der Waals surface area contributed by atoms with Crippen LogP contribution in [0.25, 0.3) is 0 Å². The fraction of sp³-hybridized carbons (Fsp3) is 1.00. The zero-order valence-corrected chi connectivity index (χ0v) is 17.2.